The van der Waals surface area contributed by atoms with Crippen LogP contribution in [0.15, 0.2) is 170 Å². The minimum atomic E-state index is -0.427. The van der Waals surface area contributed by atoms with Crippen LogP contribution in [0.1, 0.15) is 134 Å². The fourth-order valence-electron chi connectivity index (χ4n) is 10.3. The summed E-state index contributed by atoms with van der Waals surface area (Å²) in [6.07, 6.45) is 4.22. The summed E-state index contributed by atoms with van der Waals surface area (Å²) in [6, 6.07) is 64.3. The Morgan fingerprint density at radius 3 is 1.85 bits per heavy atom. The predicted octanol–water partition coefficient (Wildman–Crippen LogP) is 17.8. The molecule has 0 saturated carbocycles. The van der Waals surface area contributed by atoms with Gasteiger partial charge in [-0.15, -0.1) is 53.8 Å². The zero-order chi connectivity index (χ0) is 50.7. The molecule has 0 saturated heterocycles. The van der Waals surface area contributed by atoms with Crippen LogP contribution >= 0.6 is 0 Å². The molecule has 0 aliphatic carbocycles. The van der Waals surface area contributed by atoms with E-state index in [0.29, 0.717) is 23.3 Å². The first kappa shape index (κ1) is 51.2. The van der Waals surface area contributed by atoms with Crippen molar-refractivity contribution in [3.05, 3.63) is 228 Å². The Balaban J connectivity index is 0.00000656. The maximum absolute atomic E-state index is 7.24. The van der Waals surface area contributed by atoms with Crippen molar-refractivity contribution in [3.63, 3.8) is 0 Å². The number of hydrogen-bond donors (Lipinski definition) is 0. The summed E-state index contributed by atoms with van der Waals surface area (Å²) >= 11 is 0. The second kappa shape index (κ2) is 20.0. The standard InChI is InChI=1S/C67H67N4O.Pt/c1-44(2)55-30-22-31-56(45(3)4)63(55)61-42-69(43-70(61)51-28-21-27-49(37-51)65(5,6)7)52-35-47(46-23-15-13-16-24-46)36-53(39-52)72-54-40-58(67(11,12)48-25-17-14-18-26-48)64-57-29-19-20-32-59(57)71(60(64)41-54)62-38-50(33-34-68-62)66(8,9)10;/h13-38,40,42-45H,1-12H3;/q-3;. The number of nitrogens with zero attached hydrogens (tertiary/aromatic N) is 4. The van der Waals surface area contributed by atoms with Crippen LogP contribution in [0.2, 0.25) is 0 Å². The van der Waals surface area contributed by atoms with Gasteiger partial charge in [-0.25, -0.2) is 4.98 Å². The third kappa shape index (κ3) is 9.94. The molecular weight excluding hydrogens is 1070 g/mol. The Bertz CT molecular complexity index is 3450. The molecular formula is C67H67N4OPt-3. The van der Waals surface area contributed by atoms with E-state index in [-0.39, 0.29) is 31.9 Å². The maximum atomic E-state index is 7.24. The summed E-state index contributed by atoms with van der Waals surface area (Å²) in [5, 5.41) is 2.27. The van der Waals surface area contributed by atoms with E-state index in [1.165, 1.54) is 33.4 Å². The third-order valence-corrected chi connectivity index (χ3v) is 14.5. The smallest absolute Gasteiger partial charge is 0.135 e. The second-order valence-corrected chi connectivity index (χ2v) is 22.7. The molecule has 1 aliphatic heterocycles. The molecule has 7 aromatic carbocycles. The first-order valence-electron chi connectivity index (χ1n) is 25.6. The topological polar surface area (TPSA) is 33.5 Å². The van der Waals surface area contributed by atoms with Gasteiger partial charge >= 0.3 is 0 Å². The molecule has 6 heteroatoms. The van der Waals surface area contributed by atoms with Crippen molar-refractivity contribution in [3.8, 4) is 28.4 Å². The van der Waals surface area contributed by atoms with Gasteiger partial charge in [0.2, 0.25) is 0 Å². The largest absolute Gasteiger partial charge is 0.509 e. The van der Waals surface area contributed by atoms with Gasteiger partial charge in [0.15, 0.2) is 0 Å². The molecule has 10 rings (SSSR count). The molecule has 0 radical (unpaired) electrons. The summed E-state index contributed by atoms with van der Waals surface area (Å²) in [7, 11) is 0. The molecule has 374 valence electrons. The van der Waals surface area contributed by atoms with Gasteiger partial charge in [0.05, 0.1) is 0 Å². The quantitative estimate of drug-likeness (QED) is 0.121. The van der Waals surface area contributed by atoms with Gasteiger partial charge < -0.3 is 19.1 Å². The van der Waals surface area contributed by atoms with E-state index in [2.05, 4.69) is 280 Å². The summed E-state index contributed by atoms with van der Waals surface area (Å²) < 4.78 is 9.51. The van der Waals surface area contributed by atoms with E-state index in [1.54, 1.807) is 0 Å². The van der Waals surface area contributed by atoms with Crippen LogP contribution in [0, 0.1) is 18.8 Å². The molecule has 0 N–H and O–H groups in total. The molecule has 0 amide bonds. The Morgan fingerprint density at radius 2 is 1.18 bits per heavy atom. The minimum Gasteiger partial charge on any atom is -0.509 e. The summed E-state index contributed by atoms with van der Waals surface area (Å²) in [5.74, 6) is 2.65. The first-order chi connectivity index (χ1) is 34.4. The van der Waals surface area contributed by atoms with Crippen molar-refractivity contribution in [1.82, 2.24) is 9.55 Å². The molecule has 73 heavy (non-hydrogen) atoms. The van der Waals surface area contributed by atoms with E-state index in [1.807, 2.05) is 6.20 Å². The van der Waals surface area contributed by atoms with E-state index in [9.17, 15) is 0 Å². The van der Waals surface area contributed by atoms with Crippen LogP contribution in [0.5, 0.6) is 11.5 Å². The van der Waals surface area contributed by atoms with Crippen molar-refractivity contribution in [2.45, 2.75) is 111 Å². The number of para-hydroxylation sites is 1. The van der Waals surface area contributed by atoms with Crippen LogP contribution in [0.3, 0.4) is 0 Å². The molecule has 2 aromatic heterocycles. The number of ether oxygens (including phenoxy) is 1. The van der Waals surface area contributed by atoms with Gasteiger partial charge in [0, 0.05) is 61.2 Å². The van der Waals surface area contributed by atoms with Crippen molar-refractivity contribution >= 4 is 38.9 Å². The number of aromatic nitrogens is 2. The van der Waals surface area contributed by atoms with Crippen LogP contribution in [-0.2, 0) is 37.3 Å². The van der Waals surface area contributed by atoms with Crippen LogP contribution in [0.4, 0.5) is 11.4 Å². The monoisotopic (exact) mass is 1140 g/mol. The fraction of sp³-hybridized carbons (Fsp3) is 0.254. The number of anilines is 2. The molecule has 5 nitrogen and oxygen atoms in total. The zero-order valence-corrected chi connectivity index (χ0v) is 46.7. The van der Waals surface area contributed by atoms with Gasteiger partial charge in [0.1, 0.15) is 5.82 Å². The maximum Gasteiger partial charge on any atom is 0.135 e. The Hall–Kier alpha value is -6.68. The average molecular weight is 1140 g/mol. The van der Waals surface area contributed by atoms with E-state index >= 15 is 0 Å². The Kier molecular flexibility index (Phi) is 14.0. The van der Waals surface area contributed by atoms with Crippen molar-refractivity contribution in [1.29, 1.82) is 0 Å². The molecule has 0 fully saturated rings. The normalized spacial score (nSPS) is 13.3. The Morgan fingerprint density at radius 1 is 0.575 bits per heavy atom. The number of benzene rings is 7. The predicted molar refractivity (Wildman–Crippen MR) is 302 cm³/mol. The van der Waals surface area contributed by atoms with E-state index in [0.717, 1.165) is 61.4 Å². The van der Waals surface area contributed by atoms with Crippen molar-refractivity contribution in [2.75, 3.05) is 9.80 Å². The zero-order valence-electron chi connectivity index (χ0n) is 44.4. The van der Waals surface area contributed by atoms with Gasteiger partial charge in [-0.2, -0.15) is 0 Å². The Labute approximate surface area is 448 Å². The number of hydrogen-bond acceptors (Lipinski definition) is 4. The average Bonchev–Trinajstić information content (AvgIpc) is 3.96. The van der Waals surface area contributed by atoms with Crippen LogP contribution < -0.4 is 14.5 Å². The minimum absolute atomic E-state index is 0. The molecule has 0 atom stereocenters. The second-order valence-electron chi connectivity index (χ2n) is 22.7. The van der Waals surface area contributed by atoms with Gasteiger partial charge in [0.25, 0.3) is 0 Å². The first-order valence-corrected chi connectivity index (χ1v) is 25.6. The van der Waals surface area contributed by atoms with Crippen LogP contribution in [-0.4, -0.2) is 9.55 Å². The molecule has 3 heterocycles. The van der Waals surface area contributed by atoms with Crippen molar-refractivity contribution < 1.29 is 25.8 Å². The van der Waals surface area contributed by atoms with Gasteiger partial charge in [-0.3, -0.25) is 0 Å². The molecule has 0 spiro atoms. The van der Waals surface area contributed by atoms with E-state index < -0.39 is 5.41 Å². The number of rotatable bonds is 11. The summed E-state index contributed by atoms with van der Waals surface area (Å²) in [6.45, 7) is 29.6. The van der Waals surface area contributed by atoms with Crippen molar-refractivity contribution in [2.24, 2.45) is 0 Å². The van der Waals surface area contributed by atoms with Gasteiger partial charge in [-0.1, -0.05) is 203 Å². The molecule has 0 unspecified atom stereocenters. The molecule has 1 aliphatic rings. The number of fused-ring (bicyclic) bond motifs is 3. The summed E-state index contributed by atoms with van der Waals surface area (Å²) in [4.78, 5) is 9.63. The van der Waals surface area contributed by atoms with E-state index in [4.69, 9.17) is 9.72 Å². The SMILES string of the molecule is CC(C)c1cccc(C(C)C)c1C1=CN(c2[c-]c(Oc3[c-]c4c(c(C(C)(C)c5ccccc5)c3)c3ccccc3n4-c3cc(C(C)(C)C)ccn3)cc(-c3ccccc3)c2)[CH-]N1c1cccc(C(C)(C)C)c1.[Pt]. The summed E-state index contributed by atoms with van der Waals surface area (Å²) in [5.41, 5.74) is 15.4. The number of pyridine rings is 1. The molecule has 0 bridgehead atoms. The molecule has 9 aromatic rings. The van der Waals surface area contributed by atoms with Crippen LogP contribution in [0.25, 0.3) is 44.4 Å². The van der Waals surface area contributed by atoms with Gasteiger partial charge in [-0.05, 0) is 103 Å². The fourth-order valence-corrected chi connectivity index (χ4v) is 10.3. The third-order valence-electron chi connectivity index (χ3n) is 14.5.